The summed E-state index contributed by atoms with van der Waals surface area (Å²) in [7, 11) is 0. The van der Waals surface area contributed by atoms with Crippen molar-refractivity contribution in [2.45, 2.75) is 51.0 Å². The van der Waals surface area contributed by atoms with Gasteiger partial charge in [0.1, 0.15) is 5.01 Å². The van der Waals surface area contributed by atoms with Gasteiger partial charge < -0.3 is 5.73 Å². The first-order chi connectivity index (χ1) is 8.01. The van der Waals surface area contributed by atoms with E-state index in [9.17, 15) is 4.79 Å². The molecule has 1 aliphatic carbocycles. The largest absolute Gasteiger partial charge is 0.317 e. The third kappa shape index (κ3) is 3.18. The lowest BCUT2D eigenvalue weighted by atomic mass is 9.98. The number of nitrogens with two attached hydrogens (primary N) is 1. The van der Waals surface area contributed by atoms with Gasteiger partial charge in [-0.1, -0.05) is 38.0 Å². The van der Waals surface area contributed by atoms with Crippen molar-refractivity contribution in [1.82, 2.24) is 10.2 Å². The molecule has 0 spiro atoms. The monoisotopic (exact) mass is 290 g/mol. The first-order valence-electron chi connectivity index (χ1n) is 5.95. The molecule has 0 saturated heterocycles. The van der Waals surface area contributed by atoms with Crippen LogP contribution in [0.15, 0.2) is 0 Å². The molecule has 1 saturated carbocycles. The average Bonchev–Trinajstić information content (AvgIpc) is 2.88. The predicted molar refractivity (Wildman–Crippen MR) is 75.3 cm³/mol. The molecule has 0 radical (unpaired) electrons. The van der Waals surface area contributed by atoms with E-state index in [0.29, 0.717) is 11.0 Å². The standard InChI is InChI=1S/C11H18N4OS.ClH/c1-7(2)8-14-15-10(17-8)13-9(16)11(12)5-3-4-6-11;/h7H,3-6,12H2,1-2H3,(H,13,15,16);1H. The lowest BCUT2D eigenvalue weighted by Gasteiger charge is -2.20. The molecule has 2 rings (SSSR count). The molecule has 1 aromatic heterocycles. The highest BCUT2D eigenvalue weighted by molar-refractivity contribution is 7.15. The van der Waals surface area contributed by atoms with E-state index in [1.54, 1.807) is 0 Å². The minimum Gasteiger partial charge on any atom is -0.317 e. The molecule has 7 heteroatoms. The minimum absolute atomic E-state index is 0. The number of amides is 1. The first kappa shape index (κ1) is 15.3. The first-order valence-corrected chi connectivity index (χ1v) is 6.77. The van der Waals surface area contributed by atoms with Crippen LogP contribution in [-0.4, -0.2) is 21.6 Å². The Balaban J connectivity index is 0.00000162. The maximum absolute atomic E-state index is 12.0. The van der Waals surface area contributed by atoms with Crippen molar-refractivity contribution in [3.05, 3.63) is 5.01 Å². The fourth-order valence-corrected chi connectivity index (χ4v) is 2.71. The van der Waals surface area contributed by atoms with E-state index in [2.05, 4.69) is 15.5 Å². The Hall–Kier alpha value is -0.720. The lowest BCUT2D eigenvalue weighted by Crippen LogP contribution is -2.48. The number of hydrogen-bond acceptors (Lipinski definition) is 5. The number of rotatable bonds is 3. The van der Waals surface area contributed by atoms with Crippen molar-refractivity contribution in [3.63, 3.8) is 0 Å². The van der Waals surface area contributed by atoms with Gasteiger partial charge in [0.2, 0.25) is 11.0 Å². The number of aromatic nitrogens is 2. The fraction of sp³-hybridized carbons (Fsp3) is 0.727. The van der Waals surface area contributed by atoms with E-state index < -0.39 is 5.54 Å². The van der Waals surface area contributed by atoms with Crippen molar-refractivity contribution < 1.29 is 4.79 Å². The molecule has 1 aromatic rings. The SMILES string of the molecule is CC(C)c1nnc(NC(=O)C2(N)CCCC2)s1.Cl. The van der Waals surface area contributed by atoms with Gasteiger partial charge in [-0.15, -0.1) is 22.6 Å². The Kier molecular flexibility index (Phi) is 5.07. The molecule has 0 aromatic carbocycles. The second-order valence-electron chi connectivity index (χ2n) is 4.92. The quantitative estimate of drug-likeness (QED) is 0.895. The maximum Gasteiger partial charge on any atom is 0.246 e. The van der Waals surface area contributed by atoms with Crippen LogP contribution < -0.4 is 11.1 Å². The number of carbonyl (C=O) groups excluding carboxylic acids is 1. The second-order valence-corrected chi connectivity index (χ2v) is 5.93. The van der Waals surface area contributed by atoms with Crippen molar-refractivity contribution in [2.24, 2.45) is 5.73 Å². The summed E-state index contributed by atoms with van der Waals surface area (Å²) in [6, 6.07) is 0. The summed E-state index contributed by atoms with van der Waals surface area (Å²) < 4.78 is 0. The van der Waals surface area contributed by atoms with Crippen LogP contribution in [0.25, 0.3) is 0 Å². The summed E-state index contributed by atoms with van der Waals surface area (Å²) in [6.07, 6.45) is 3.57. The van der Waals surface area contributed by atoms with Crippen molar-refractivity contribution >= 4 is 34.8 Å². The number of anilines is 1. The van der Waals surface area contributed by atoms with Gasteiger partial charge in [-0.3, -0.25) is 10.1 Å². The minimum atomic E-state index is -0.705. The highest BCUT2D eigenvalue weighted by Gasteiger charge is 2.37. The van der Waals surface area contributed by atoms with E-state index in [4.69, 9.17) is 5.73 Å². The normalized spacial score (nSPS) is 17.6. The van der Waals surface area contributed by atoms with Crippen LogP contribution in [0.3, 0.4) is 0 Å². The molecule has 102 valence electrons. The van der Waals surface area contributed by atoms with Gasteiger partial charge in [0.05, 0.1) is 5.54 Å². The Morgan fingerprint density at radius 3 is 2.50 bits per heavy atom. The van der Waals surface area contributed by atoms with Gasteiger partial charge >= 0.3 is 0 Å². The lowest BCUT2D eigenvalue weighted by molar-refractivity contribution is -0.121. The zero-order chi connectivity index (χ0) is 12.5. The molecule has 1 amide bonds. The van der Waals surface area contributed by atoms with Gasteiger partial charge in [-0.2, -0.15) is 0 Å². The average molecular weight is 291 g/mol. The molecule has 0 unspecified atom stereocenters. The Labute approximate surface area is 117 Å². The van der Waals surface area contributed by atoms with Gasteiger partial charge in [-0.05, 0) is 12.8 Å². The number of hydrogen-bond donors (Lipinski definition) is 2. The second kappa shape index (κ2) is 5.95. The zero-order valence-electron chi connectivity index (χ0n) is 10.6. The summed E-state index contributed by atoms with van der Waals surface area (Å²) in [5.74, 6) is 0.206. The van der Waals surface area contributed by atoms with E-state index in [1.807, 2.05) is 13.8 Å². The molecule has 1 aliphatic rings. The highest BCUT2D eigenvalue weighted by atomic mass is 35.5. The van der Waals surface area contributed by atoms with Crippen LogP contribution in [0.4, 0.5) is 5.13 Å². The molecular weight excluding hydrogens is 272 g/mol. The summed E-state index contributed by atoms with van der Waals surface area (Å²) in [6.45, 7) is 4.10. The summed E-state index contributed by atoms with van der Waals surface area (Å²) in [5, 5.41) is 12.3. The Morgan fingerprint density at radius 1 is 1.39 bits per heavy atom. The van der Waals surface area contributed by atoms with E-state index >= 15 is 0 Å². The number of carbonyl (C=O) groups is 1. The molecule has 5 nitrogen and oxygen atoms in total. The predicted octanol–water partition coefficient (Wildman–Crippen LogP) is 2.29. The van der Waals surface area contributed by atoms with Gasteiger partial charge in [0, 0.05) is 5.92 Å². The Bertz CT molecular complexity index is 415. The van der Waals surface area contributed by atoms with Crippen LogP contribution in [0.5, 0.6) is 0 Å². The van der Waals surface area contributed by atoms with Crippen LogP contribution in [0.1, 0.15) is 50.5 Å². The van der Waals surface area contributed by atoms with Crippen LogP contribution >= 0.6 is 23.7 Å². The zero-order valence-corrected chi connectivity index (χ0v) is 12.2. The summed E-state index contributed by atoms with van der Waals surface area (Å²) in [4.78, 5) is 12.0. The van der Waals surface area contributed by atoms with Crippen LogP contribution in [0.2, 0.25) is 0 Å². The maximum atomic E-state index is 12.0. The van der Waals surface area contributed by atoms with Crippen molar-refractivity contribution in [2.75, 3.05) is 5.32 Å². The molecule has 0 atom stereocenters. The number of nitrogens with zero attached hydrogens (tertiary/aromatic N) is 2. The molecular formula is C11H19ClN4OS. The molecule has 0 bridgehead atoms. The Morgan fingerprint density at radius 2 is 2.00 bits per heavy atom. The molecule has 18 heavy (non-hydrogen) atoms. The third-order valence-corrected chi connectivity index (χ3v) is 4.24. The van der Waals surface area contributed by atoms with Gasteiger partial charge in [0.15, 0.2) is 0 Å². The van der Waals surface area contributed by atoms with Crippen molar-refractivity contribution in [3.8, 4) is 0 Å². The van der Waals surface area contributed by atoms with Gasteiger partial charge in [-0.25, -0.2) is 0 Å². The number of halogens is 1. The van der Waals surface area contributed by atoms with Gasteiger partial charge in [0.25, 0.3) is 0 Å². The summed E-state index contributed by atoms with van der Waals surface area (Å²) >= 11 is 1.42. The number of nitrogens with one attached hydrogen (secondary N) is 1. The van der Waals surface area contributed by atoms with E-state index in [-0.39, 0.29) is 18.3 Å². The third-order valence-electron chi connectivity index (χ3n) is 3.10. The summed E-state index contributed by atoms with van der Waals surface area (Å²) in [5.41, 5.74) is 5.36. The highest BCUT2D eigenvalue weighted by Crippen LogP contribution is 2.29. The molecule has 1 heterocycles. The van der Waals surface area contributed by atoms with Crippen molar-refractivity contribution in [1.29, 1.82) is 0 Å². The molecule has 0 aliphatic heterocycles. The smallest absolute Gasteiger partial charge is 0.246 e. The van der Waals surface area contributed by atoms with Crippen LogP contribution in [-0.2, 0) is 4.79 Å². The van der Waals surface area contributed by atoms with Crippen LogP contribution in [0, 0.1) is 0 Å². The topological polar surface area (TPSA) is 80.9 Å². The van der Waals surface area contributed by atoms with E-state index in [1.165, 1.54) is 11.3 Å². The molecule has 1 fully saturated rings. The van der Waals surface area contributed by atoms with E-state index in [0.717, 1.165) is 30.7 Å². The molecule has 3 N–H and O–H groups in total. The fourth-order valence-electron chi connectivity index (χ4n) is 1.97.